The summed E-state index contributed by atoms with van der Waals surface area (Å²) < 4.78 is 6.00. The number of nitrogens with zero attached hydrogens (tertiary/aromatic N) is 1. The molecule has 0 unspecified atom stereocenters. The second-order valence-corrected chi connectivity index (χ2v) is 5.82. The lowest BCUT2D eigenvalue weighted by atomic mass is 10.1. The molecule has 0 fully saturated rings. The van der Waals surface area contributed by atoms with E-state index < -0.39 is 0 Å². The maximum absolute atomic E-state index is 11.6. The van der Waals surface area contributed by atoms with Crippen LogP contribution in [-0.4, -0.2) is 31.4 Å². The average Bonchev–Trinajstić information content (AvgIpc) is 2.87. The number of hydrogen-bond acceptors (Lipinski definition) is 3. The van der Waals surface area contributed by atoms with E-state index in [9.17, 15) is 4.79 Å². The van der Waals surface area contributed by atoms with Crippen molar-refractivity contribution < 1.29 is 9.21 Å². The van der Waals surface area contributed by atoms with E-state index in [1.165, 1.54) is 10.9 Å². The average molecular weight is 302 g/mol. The van der Waals surface area contributed by atoms with Gasteiger partial charge in [0.05, 0.1) is 0 Å². The third kappa shape index (κ3) is 4.10. The lowest BCUT2D eigenvalue weighted by Crippen LogP contribution is -2.26. The topological polar surface area (TPSA) is 45.5 Å². The number of para-hydroxylation sites is 1. The highest BCUT2D eigenvalue weighted by atomic mass is 16.3. The van der Waals surface area contributed by atoms with Gasteiger partial charge in [-0.3, -0.25) is 4.79 Å². The van der Waals surface area contributed by atoms with Crippen LogP contribution in [0.5, 0.6) is 0 Å². The van der Waals surface area contributed by atoms with Crippen molar-refractivity contribution in [2.24, 2.45) is 0 Å². The van der Waals surface area contributed by atoms with Gasteiger partial charge in [-0.15, -0.1) is 0 Å². The van der Waals surface area contributed by atoms with Crippen LogP contribution >= 0.6 is 0 Å². The molecule has 0 saturated carbocycles. The van der Waals surface area contributed by atoms with Gasteiger partial charge in [-0.2, -0.15) is 0 Å². The zero-order valence-electron chi connectivity index (χ0n) is 13.8. The summed E-state index contributed by atoms with van der Waals surface area (Å²) in [6, 6.07) is 8.17. The number of carbonyl (C=O) groups excluding carboxylic acids is 1. The molecule has 1 amide bonds. The molecule has 2 aromatic rings. The molecular formula is C18H26N2O2. The van der Waals surface area contributed by atoms with Gasteiger partial charge in [-0.1, -0.05) is 31.5 Å². The molecular weight excluding hydrogens is 276 g/mol. The molecule has 0 bridgehead atoms. The number of furan rings is 1. The Labute approximate surface area is 132 Å². The van der Waals surface area contributed by atoms with Crippen molar-refractivity contribution >= 4 is 16.9 Å². The van der Waals surface area contributed by atoms with Crippen LogP contribution in [0.15, 0.2) is 28.7 Å². The normalized spacial score (nSPS) is 11.0. The molecule has 0 atom stereocenters. The Morgan fingerprint density at radius 3 is 2.77 bits per heavy atom. The number of carbonyl (C=O) groups is 1. The van der Waals surface area contributed by atoms with Gasteiger partial charge < -0.3 is 14.6 Å². The Balaban J connectivity index is 2.03. The fourth-order valence-corrected chi connectivity index (χ4v) is 2.51. The van der Waals surface area contributed by atoms with Crippen LogP contribution < -0.4 is 5.32 Å². The SMILES string of the molecule is CCCCc1oc2ccccc2c1CNCCC(=O)N(C)C. The first-order valence-corrected chi connectivity index (χ1v) is 8.03. The number of aryl methyl sites for hydroxylation is 1. The van der Waals surface area contributed by atoms with Crippen molar-refractivity contribution in [3.8, 4) is 0 Å². The van der Waals surface area contributed by atoms with Crippen LogP contribution in [0, 0.1) is 0 Å². The number of fused-ring (bicyclic) bond motifs is 1. The summed E-state index contributed by atoms with van der Waals surface area (Å²) in [6.45, 7) is 3.62. The van der Waals surface area contributed by atoms with Gasteiger partial charge in [0.1, 0.15) is 11.3 Å². The molecule has 1 heterocycles. The number of amides is 1. The molecule has 0 aliphatic carbocycles. The predicted octanol–water partition coefficient (Wildman–Crippen LogP) is 3.34. The molecule has 1 aromatic carbocycles. The van der Waals surface area contributed by atoms with Gasteiger partial charge in [0.25, 0.3) is 0 Å². The van der Waals surface area contributed by atoms with Gasteiger partial charge in [-0.05, 0) is 12.5 Å². The van der Waals surface area contributed by atoms with Crippen LogP contribution in [0.4, 0.5) is 0 Å². The zero-order valence-corrected chi connectivity index (χ0v) is 13.8. The molecule has 0 spiro atoms. The Hall–Kier alpha value is -1.81. The highest BCUT2D eigenvalue weighted by molar-refractivity contribution is 5.82. The summed E-state index contributed by atoms with van der Waals surface area (Å²) >= 11 is 0. The molecule has 0 aliphatic heterocycles. The Bertz CT molecular complexity index is 617. The highest BCUT2D eigenvalue weighted by Crippen LogP contribution is 2.27. The highest BCUT2D eigenvalue weighted by Gasteiger charge is 2.13. The maximum Gasteiger partial charge on any atom is 0.223 e. The van der Waals surface area contributed by atoms with Crippen LogP contribution in [0.25, 0.3) is 11.0 Å². The van der Waals surface area contributed by atoms with Gasteiger partial charge in [-0.25, -0.2) is 0 Å². The van der Waals surface area contributed by atoms with Crippen molar-refractivity contribution in [1.29, 1.82) is 0 Å². The summed E-state index contributed by atoms with van der Waals surface area (Å²) in [7, 11) is 3.57. The van der Waals surface area contributed by atoms with E-state index in [1.807, 2.05) is 18.2 Å². The first kappa shape index (κ1) is 16.6. The van der Waals surface area contributed by atoms with E-state index in [0.29, 0.717) is 13.0 Å². The van der Waals surface area contributed by atoms with Crippen LogP contribution in [-0.2, 0) is 17.8 Å². The van der Waals surface area contributed by atoms with Crippen LogP contribution in [0.2, 0.25) is 0 Å². The van der Waals surface area contributed by atoms with Crippen molar-refractivity contribution in [2.75, 3.05) is 20.6 Å². The minimum absolute atomic E-state index is 0.149. The van der Waals surface area contributed by atoms with Crippen molar-refractivity contribution in [3.05, 3.63) is 35.6 Å². The van der Waals surface area contributed by atoms with E-state index in [4.69, 9.17) is 4.42 Å². The summed E-state index contributed by atoms with van der Waals surface area (Å²) in [5.41, 5.74) is 2.19. The number of nitrogens with one attached hydrogen (secondary N) is 1. The Morgan fingerprint density at radius 2 is 2.05 bits per heavy atom. The van der Waals surface area contributed by atoms with Gasteiger partial charge in [0.2, 0.25) is 5.91 Å². The fourth-order valence-electron chi connectivity index (χ4n) is 2.51. The van der Waals surface area contributed by atoms with E-state index in [0.717, 1.165) is 37.2 Å². The number of hydrogen-bond donors (Lipinski definition) is 1. The molecule has 120 valence electrons. The molecule has 0 radical (unpaired) electrons. The number of unbranched alkanes of at least 4 members (excludes halogenated alkanes) is 1. The van der Waals surface area contributed by atoms with E-state index in [2.05, 4.69) is 18.3 Å². The molecule has 1 aromatic heterocycles. The largest absolute Gasteiger partial charge is 0.461 e. The van der Waals surface area contributed by atoms with E-state index >= 15 is 0 Å². The number of rotatable bonds is 8. The molecule has 2 rings (SSSR count). The first-order chi connectivity index (χ1) is 10.6. The fraction of sp³-hybridized carbons (Fsp3) is 0.500. The van der Waals surface area contributed by atoms with Gasteiger partial charge in [0, 0.05) is 51.0 Å². The molecule has 1 N–H and O–H groups in total. The second kappa shape index (κ2) is 7.99. The van der Waals surface area contributed by atoms with E-state index in [1.54, 1.807) is 19.0 Å². The minimum atomic E-state index is 0.149. The minimum Gasteiger partial charge on any atom is -0.461 e. The second-order valence-electron chi connectivity index (χ2n) is 5.82. The van der Waals surface area contributed by atoms with Crippen LogP contribution in [0.3, 0.4) is 0 Å². The van der Waals surface area contributed by atoms with Crippen molar-refractivity contribution in [3.63, 3.8) is 0 Å². The summed E-state index contributed by atoms with van der Waals surface area (Å²) in [5.74, 6) is 1.23. The van der Waals surface area contributed by atoms with Crippen molar-refractivity contribution in [1.82, 2.24) is 10.2 Å². The summed E-state index contributed by atoms with van der Waals surface area (Å²) in [4.78, 5) is 13.2. The third-order valence-corrected chi connectivity index (χ3v) is 3.86. The van der Waals surface area contributed by atoms with Crippen LogP contribution in [0.1, 0.15) is 37.5 Å². The molecule has 4 nitrogen and oxygen atoms in total. The molecule has 0 aliphatic rings. The quantitative estimate of drug-likeness (QED) is 0.761. The smallest absolute Gasteiger partial charge is 0.223 e. The maximum atomic E-state index is 11.6. The first-order valence-electron chi connectivity index (χ1n) is 8.03. The Kier molecular flexibility index (Phi) is 6.01. The monoisotopic (exact) mass is 302 g/mol. The predicted molar refractivity (Wildman–Crippen MR) is 89.8 cm³/mol. The lowest BCUT2D eigenvalue weighted by molar-refractivity contribution is -0.128. The third-order valence-electron chi connectivity index (χ3n) is 3.86. The lowest BCUT2D eigenvalue weighted by Gasteiger charge is -2.10. The van der Waals surface area contributed by atoms with Gasteiger partial charge in [0.15, 0.2) is 0 Å². The number of benzene rings is 1. The van der Waals surface area contributed by atoms with Crippen molar-refractivity contribution in [2.45, 2.75) is 39.2 Å². The molecule has 4 heteroatoms. The van der Waals surface area contributed by atoms with Gasteiger partial charge >= 0.3 is 0 Å². The molecule has 22 heavy (non-hydrogen) atoms. The standard InChI is InChI=1S/C18H26N2O2/c1-4-5-9-17-15(13-19-12-11-18(21)20(2)3)14-8-6-7-10-16(14)22-17/h6-8,10,19H,4-5,9,11-13H2,1-3H3. The molecule has 0 saturated heterocycles. The summed E-state index contributed by atoms with van der Waals surface area (Å²) in [6.07, 6.45) is 3.78. The zero-order chi connectivity index (χ0) is 15.9. The summed E-state index contributed by atoms with van der Waals surface area (Å²) in [5, 5.41) is 4.56. The Morgan fingerprint density at radius 1 is 1.27 bits per heavy atom. The van der Waals surface area contributed by atoms with E-state index in [-0.39, 0.29) is 5.91 Å².